The van der Waals surface area contributed by atoms with Gasteiger partial charge in [0.2, 0.25) is 0 Å². The van der Waals surface area contributed by atoms with Gasteiger partial charge < -0.3 is 4.74 Å². The lowest BCUT2D eigenvalue weighted by molar-refractivity contribution is -0.168. The van der Waals surface area contributed by atoms with Crippen LogP contribution in [0.1, 0.15) is 33.1 Å². The van der Waals surface area contributed by atoms with Crippen LogP contribution in [0.15, 0.2) is 0 Å². The number of hydrazine groups is 1. The summed E-state index contributed by atoms with van der Waals surface area (Å²) >= 11 is 0. The fourth-order valence-electron chi connectivity index (χ4n) is 2.66. The molecule has 0 heterocycles. The van der Waals surface area contributed by atoms with Gasteiger partial charge in [0, 0.05) is 6.04 Å². The molecule has 0 aromatic carbocycles. The van der Waals surface area contributed by atoms with Crippen LogP contribution in [0.3, 0.4) is 0 Å². The molecule has 1 fully saturated rings. The highest BCUT2D eigenvalue weighted by Gasteiger charge is 2.41. The van der Waals surface area contributed by atoms with Crippen LogP contribution in [0.25, 0.3) is 0 Å². The molecular weight excluding hydrogens is 276 g/mol. The predicted molar refractivity (Wildman–Crippen MR) is 68.6 cm³/mol. The summed E-state index contributed by atoms with van der Waals surface area (Å²) in [4.78, 5) is 0. The Hall–Kier alpha value is -0.400. The summed E-state index contributed by atoms with van der Waals surface area (Å²) in [6, 6.07) is -0.279. The second-order valence-corrected chi connectivity index (χ2v) is 5.88. The summed E-state index contributed by atoms with van der Waals surface area (Å²) in [5, 5.41) is 0. The van der Waals surface area contributed by atoms with E-state index in [1.807, 2.05) is 0 Å². The molecular formula is C13H24F4N2O. The number of nitrogens with one attached hydrogen (secondary N) is 1. The Morgan fingerprint density at radius 3 is 2.40 bits per heavy atom. The molecule has 1 rings (SSSR count). The lowest BCUT2D eigenvalue weighted by atomic mass is 9.73. The highest BCUT2D eigenvalue weighted by atomic mass is 19.3. The van der Waals surface area contributed by atoms with E-state index in [-0.39, 0.29) is 18.6 Å². The minimum absolute atomic E-state index is 0.0788. The van der Waals surface area contributed by atoms with Crippen molar-refractivity contribution >= 4 is 0 Å². The Morgan fingerprint density at radius 2 is 1.90 bits per heavy atom. The molecule has 0 saturated heterocycles. The fraction of sp³-hybridized carbons (Fsp3) is 1.00. The summed E-state index contributed by atoms with van der Waals surface area (Å²) in [7, 11) is 0. The first-order valence-electron chi connectivity index (χ1n) is 6.97. The first kappa shape index (κ1) is 17.7. The van der Waals surface area contributed by atoms with E-state index in [9.17, 15) is 17.6 Å². The molecule has 0 amide bonds. The Morgan fingerprint density at radius 1 is 1.25 bits per heavy atom. The minimum atomic E-state index is -4.10. The van der Waals surface area contributed by atoms with Crippen LogP contribution in [-0.2, 0) is 4.74 Å². The van der Waals surface area contributed by atoms with Gasteiger partial charge in [0.05, 0.1) is 6.61 Å². The second-order valence-electron chi connectivity index (χ2n) is 5.88. The highest BCUT2D eigenvalue weighted by molar-refractivity contribution is 4.83. The Balaban J connectivity index is 2.40. The molecule has 1 aliphatic carbocycles. The van der Waals surface area contributed by atoms with E-state index in [4.69, 9.17) is 10.6 Å². The number of hydrogen-bond acceptors (Lipinski definition) is 3. The van der Waals surface area contributed by atoms with Crippen molar-refractivity contribution in [1.82, 2.24) is 5.43 Å². The molecule has 3 N–H and O–H groups in total. The van der Waals surface area contributed by atoms with Gasteiger partial charge in [0.25, 0.3) is 0 Å². The van der Waals surface area contributed by atoms with Crippen LogP contribution in [0.4, 0.5) is 17.6 Å². The summed E-state index contributed by atoms with van der Waals surface area (Å²) in [5.41, 5.74) is 2.57. The summed E-state index contributed by atoms with van der Waals surface area (Å²) in [5.74, 6) is 2.72. The maximum atomic E-state index is 12.7. The molecule has 7 heteroatoms. The second kappa shape index (κ2) is 7.56. The van der Waals surface area contributed by atoms with Gasteiger partial charge in [-0.25, -0.2) is 8.78 Å². The van der Waals surface area contributed by atoms with Crippen molar-refractivity contribution in [2.24, 2.45) is 23.6 Å². The Labute approximate surface area is 117 Å². The molecule has 0 aromatic rings. The molecule has 1 aliphatic rings. The number of ether oxygens (including phenoxy) is 1. The molecule has 4 atom stereocenters. The maximum Gasteiger partial charge on any atom is 0.330 e. The van der Waals surface area contributed by atoms with Crippen molar-refractivity contribution < 1.29 is 22.3 Å². The monoisotopic (exact) mass is 300 g/mol. The summed E-state index contributed by atoms with van der Waals surface area (Å²) in [6.45, 7) is 2.98. The number of halogens is 4. The van der Waals surface area contributed by atoms with Gasteiger partial charge in [-0.2, -0.15) is 8.78 Å². The molecule has 1 saturated carbocycles. The average molecular weight is 300 g/mol. The maximum absolute atomic E-state index is 12.7. The number of hydrogen-bond donors (Lipinski definition) is 2. The van der Waals surface area contributed by atoms with Crippen LogP contribution in [0.2, 0.25) is 0 Å². The third-order valence-electron chi connectivity index (χ3n) is 4.33. The lowest BCUT2D eigenvalue weighted by Gasteiger charge is -2.36. The first-order valence-corrected chi connectivity index (χ1v) is 6.97. The van der Waals surface area contributed by atoms with E-state index in [0.29, 0.717) is 11.8 Å². The van der Waals surface area contributed by atoms with Gasteiger partial charge in [-0.1, -0.05) is 20.3 Å². The largest absolute Gasteiger partial charge is 0.373 e. The van der Waals surface area contributed by atoms with E-state index in [0.717, 1.165) is 19.3 Å². The van der Waals surface area contributed by atoms with Crippen molar-refractivity contribution in [3.63, 3.8) is 0 Å². The lowest BCUT2D eigenvalue weighted by Crippen LogP contribution is -2.47. The van der Waals surface area contributed by atoms with E-state index in [1.165, 1.54) is 0 Å². The van der Waals surface area contributed by atoms with Crippen molar-refractivity contribution in [3.05, 3.63) is 0 Å². The van der Waals surface area contributed by atoms with Crippen molar-refractivity contribution in [1.29, 1.82) is 0 Å². The molecule has 0 aliphatic heterocycles. The summed E-state index contributed by atoms with van der Waals surface area (Å²) in [6.07, 6.45) is -0.779. The quantitative estimate of drug-likeness (QED) is 0.432. The topological polar surface area (TPSA) is 47.3 Å². The zero-order chi connectivity index (χ0) is 15.3. The smallest absolute Gasteiger partial charge is 0.330 e. The normalized spacial score (nSPS) is 29.7. The fourth-order valence-corrected chi connectivity index (χ4v) is 2.66. The number of rotatable bonds is 7. The molecule has 0 spiro atoms. The zero-order valence-electron chi connectivity index (χ0n) is 11.9. The average Bonchev–Trinajstić information content (AvgIpc) is 2.38. The van der Waals surface area contributed by atoms with E-state index in [2.05, 4.69) is 19.3 Å². The van der Waals surface area contributed by atoms with Crippen molar-refractivity contribution in [2.45, 2.75) is 51.5 Å². The van der Waals surface area contributed by atoms with Gasteiger partial charge >= 0.3 is 12.3 Å². The van der Waals surface area contributed by atoms with E-state index >= 15 is 0 Å². The van der Waals surface area contributed by atoms with Crippen molar-refractivity contribution in [2.75, 3.05) is 13.2 Å². The molecule has 20 heavy (non-hydrogen) atoms. The van der Waals surface area contributed by atoms with Crippen LogP contribution in [0, 0.1) is 17.8 Å². The number of nitrogens with two attached hydrogens (primary N) is 1. The standard InChI is InChI=1S/C13H24F4N2O/c1-8-3-4-10(5-9(8)2)11(19-18)6-20-7-13(16,17)12(14)15/h8-12,19H,3-7,18H2,1-2H3. The van der Waals surface area contributed by atoms with E-state index in [1.54, 1.807) is 0 Å². The number of alkyl halides is 4. The van der Waals surface area contributed by atoms with Crippen LogP contribution in [0.5, 0.6) is 0 Å². The van der Waals surface area contributed by atoms with Gasteiger partial charge in [-0.3, -0.25) is 11.3 Å². The van der Waals surface area contributed by atoms with Gasteiger partial charge in [-0.15, -0.1) is 0 Å². The Kier molecular flexibility index (Phi) is 6.68. The molecule has 120 valence electrons. The SMILES string of the molecule is CC1CCC(C(COCC(F)(F)C(F)F)NN)CC1C. The molecule has 0 radical (unpaired) electrons. The predicted octanol–water partition coefficient (Wildman–Crippen LogP) is 2.81. The van der Waals surface area contributed by atoms with Crippen molar-refractivity contribution in [3.8, 4) is 0 Å². The van der Waals surface area contributed by atoms with Crippen LogP contribution in [-0.4, -0.2) is 31.6 Å². The molecule has 4 unspecified atom stereocenters. The summed E-state index contributed by atoms with van der Waals surface area (Å²) < 4.78 is 54.2. The Bertz CT molecular complexity index is 292. The van der Waals surface area contributed by atoms with Crippen LogP contribution >= 0.6 is 0 Å². The molecule has 0 bridgehead atoms. The molecule has 3 nitrogen and oxygen atoms in total. The third-order valence-corrected chi connectivity index (χ3v) is 4.33. The van der Waals surface area contributed by atoms with E-state index < -0.39 is 19.0 Å². The minimum Gasteiger partial charge on any atom is -0.373 e. The van der Waals surface area contributed by atoms with Gasteiger partial charge in [-0.05, 0) is 30.6 Å². The molecule has 0 aromatic heterocycles. The zero-order valence-corrected chi connectivity index (χ0v) is 11.9. The first-order chi connectivity index (χ1) is 9.27. The van der Waals surface area contributed by atoms with Gasteiger partial charge in [0.1, 0.15) is 6.61 Å². The van der Waals surface area contributed by atoms with Crippen LogP contribution < -0.4 is 11.3 Å². The third kappa shape index (κ3) is 4.86. The highest BCUT2D eigenvalue weighted by Crippen LogP contribution is 2.35. The van der Waals surface area contributed by atoms with Gasteiger partial charge in [0.15, 0.2) is 0 Å².